The number of nitrogens with zero attached hydrogens (tertiary/aromatic N) is 2. The molecule has 11 aromatic rings. The van der Waals surface area contributed by atoms with Gasteiger partial charge in [-0.3, -0.25) is 40.8 Å². The molecule has 12 rings (SSSR count). The minimum absolute atomic E-state index is 0.0847. The number of anilines is 4. The molecular weight excluding hydrogens is 2060 g/mol. The number of sulfone groups is 1. The largest absolute Gasteiger partial charge is 0.490 e. The fourth-order valence-electron chi connectivity index (χ4n) is 12.9. The molecule has 4 amide bonds. The number of amidine groups is 4. The number of ether oxygens (including phenoxy) is 4. The van der Waals surface area contributed by atoms with Gasteiger partial charge in [-0.25, -0.2) is 37.6 Å². The van der Waals surface area contributed by atoms with Gasteiger partial charge in [0.1, 0.15) is 88.1 Å². The summed E-state index contributed by atoms with van der Waals surface area (Å²) in [5.41, 5.74) is 31.4. The Kier molecular flexibility index (Phi) is 35.5. The summed E-state index contributed by atoms with van der Waals surface area (Å²) in [6.45, 7) is 9.34. The van der Waals surface area contributed by atoms with Gasteiger partial charge in [0, 0.05) is 102 Å². The van der Waals surface area contributed by atoms with Gasteiger partial charge in [-0.2, -0.15) is 42.3 Å². The third-order valence-corrected chi connectivity index (χ3v) is 25.9. The standard InChI is InChI=1S/C23H31N5O6S.C21H24IN5O6S2.C20H23N5O4S.C19H19ClIN5O5S/c1-3-33-19-10-7-17(15-20(19)34-4-2)21(26-18-8-5-16(6-9-18)22(24)25)23(29)27-35(30,31)28-11-13-32-14-12-28;1-27(2)35(31,32)26-21(28)18(25-15-6-4-12(5-7-15)20(23)24)13-8-14-9-16(11-34(3,29)30)33-19(14)17(22)10-13;1-3-12-8-14(9-16-11(2)10-29-18(12)16)17(20(26)25-30(23,27)28)24-15-6-4-13(5-7-15)19(21)22;1-30-8-14-15(20)12-6-10(7-13(21)17(12)31-14)16(19(27)26-32(24,28)29)25-11-4-2-9(3-5-11)18(22)23/h5-10,15,21,26H,3-4,11-14H2,1-2H3,(H3,24,25)(H,27,29);4-10,18,25H,11H2,1-3H3,(H3,23,24)(H,26,28);4-10,17,24H,3H2,1-2H3,(H3,21,22)(H,25,26)(H2,23,27,28);2-7,16,25H,8H2,1H3,(H3,22,23)(H,26,27)(H2,24,28,29). The minimum Gasteiger partial charge on any atom is -0.490 e. The van der Waals surface area contributed by atoms with Crippen molar-refractivity contribution in [1.29, 1.82) is 21.6 Å². The third kappa shape index (κ3) is 28.6. The third-order valence-electron chi connectivity index (χ3n) is 19.2. The summed E-state index contributed by atoms with van der Waals surface area (Å²) in [6, 6.07) is 38.3. The maximum atomic E-state index is 13.3. The van der Waals surface area contributed by atoms with Crippen molar-refractivity contribution in [2.75, 3.05) is 88.2 Å². The highest BCUT2D eigenvalue weighted by Crippen LogP contribution is 2.39. The number of nitrogen functional groups attached to an aromatic ring is 4. The van der Waals surface area contributed by atoms with Gasteiger partial charge in [0.05, 0.1) is 44.9 Å². The first kappa shape index (κ1) is 104. The molecule has 41 nitrogen and oxygen atoms in total. The summed E-state index contributed by atoms with van der Waals surface area (Å²) in [4.78, 5) is 52.1. The number of amides is 4. The Morgan fingerprint density at radius 3 is 1.34 bits per heavy atom. The number of hydrogen-bond acceptors (Lipinski definition) is 29. The zero-order valence-electron chi connectivity index (χ0n) is 71.9. The topological polar surface area (TPSA) is 670 Å². The van der Waals surface area contributed by atoms with E-state index in [2.05, 4.69) is 26.0 Å². The van der Waals surface area contributed by atoms with E-state index >= 15 is 0 Å². The first-order valence-electron chi connectivity index (χ1n) is 39.3. The molecule has 0 bridgehead atoms. The van der Waals surface area contributed by atoms with Crippen molar-refractivity contribution in [3.05, 3.63) is 243 Å². The van der Waals surface area contributed by atoms with Crippen LogP contribution in [0.3, 0.4) is 0 Å². The van der Waals surface area contributed by atoms with Gasteiger partial charge in [-0.1, -0.05) is 24.6 Å². The van der Waals surface area contributed by atoms with Crippen LogP contribution in [0.4, 0.5) is 22.7 Å². The normalized spacial score (nSPS) is 13.3. The number of aryl methyl sites for hydroxylation is 2. The van der Waals surface area contributed by atoms with Gasteiger partial charge in [-0.05, 0) is 257 Å². The lowest BCUT2D eigenvalue weighted by Crippen LogP contribution is -2.50. The first-order chi connectivity index (χ1) is 62.0. The van der Waals surface area contributed by atoms with E-state index in [0.29, 0.717) is 138 Å². The summed E-state index contributed by atoms with van der Waals surface area (Å²) in [5, 5.41) is 54.4. The van der Waals surface area contributed by atoms with Crippen LogP contribution in [0.5, 0.6) is 11.5 Å². The summed E-state index contributed by atoms with van der Waals surface area (Å²) >= 11 is 10.5. The number of fused-ring (bicyclic) bond motifs is 3. The molecule has 1 aliphatic rings. The minimum atomic E-state index is -4.30. The zero-order chi connectivity index (χ0) is 97.2. The molecule has 4 heterocycles. The van der Waals surface area contributed by atoms with E-state index < -0.39 is 98.5 Å². The number of benzene rings is 8. The molecule has 1 fully saturated rings. The van der Waals surface area contributed by atoms with Crippen molar-refractivity contribution >= 4 is 210 Å². The van der Waals surface area contributed by atoms with E-state index in [9.17, 15) is 61.3 Å². The molecule has 1 saturated heterocycles. The summed E-state index contributed by atoms with van der Waals surface area (Å²) in [5.74, 6) is -2.35. The molecule has 4 atom stereocenters. The number of methoxy groups -OCH3 is 1. The lowest BCUT2D eigenvalue weighted by Gasteiger charge is -2.27. The highest BCUT2D eigenvalue weighted by atomic mass is 127. The van der Waals surface area contributed by atoms with E-state index in [1.54, 1.807) is 169 Å². The van der Waals surface area contributed by atoms with Gasteiger partial charge in [0.25, 0.3) is 44.0 Å². The molecule has 8 aromatic carbocycles. The number of carbonyl (C=O) groups is 4. The van der Waals surface area contributed by atoms with Crippen LogP contribution in [-0.4, -0.2) is 165 Å². The quantitative estimate of drug-likeness (QED) is 0.0101. The van der Waals surface area contributed by atoms with Crippen LogP contribution < -0.4 is 82.8 Å². The average Bonchev–Trinajstić information content (AvgIpc) is 1.62. The molecule has 3 aromatic heterocycles. The average molecular weight is 2160 g/mol. The number of carbonyl (C=O) groups excluding carboxylic acids is 4. The second-order valence-electron chi connectivity index (χ2n) is 29.3. The molecular formula is C83H97ClI2N20O21S5. The van der Waals surface area contributed by atoms with E-state index in [1.165, 1.54) is 25.5 Å². The van der Waals surface area contributed by atoms with Crippen molar-refractivity contribution in [3.8, 4) is 11.5 Å². The fraction of sp³-hybridized carbons (Fsp3) is 0.253. The van der Waals surface area contributed by atoms with Crippen LogP contribution in [0.1, 0.15) is 112 Å². The molecule has 49 heteroatoms. The monoisotopic (exact) mass is 2160 g/mol. The molecule has 706 valence electrons. The number of halogens is 3. The van der Waals surface area contributed by atoms with Crippen LogP contribution in [0.15, 0.2) is 177 Å². The predicted octanol–water partition coefficient (Wildman–Crippen LogP) is 8.21. The highest BCUT2D eigenvalue weighted by molar-refractivity contribution is 14.1. The van der Waals surface area contributed by atoms with Crippen molar-refractivity contribution in [2.45, 2.75) is 70.6 Å². The fourth-order valence-corrected chi connectivity index (χ4v) is 17.8. The maximum Gasteiger partial charge on any atom is 0.304 e. The van der Waals surface area contributed by atoms with E-state index in [1.807, 2.05) is 82.3 Å². The summed E-state index contributed by atoms with van der Waals surface area (Å²) in [7, 11) is -15.9. The first-order valence-corrected chi connectivity index (χ1v) is 49.9. The zero-order valence-corrected chi connectivity index (χ0v) is 81.0. The van der Waals surface area contributed by atoms with Gasteiger partial charge < -0.3 is 76.4 Å². The molecule has 4 unspecified atom stereocenters. The summed E-state index contributed by atoms with van der Waals surface area (Å²) in [6.07, 6.45) is 3.40. The Labute approximate surface area is 793 Å². The number of furan rings is 3. The van der Waals surface area contributed by atoms with Crippen molar-refractivity contribution < 1.29 is 93.5 Å². The van der Waals surface area contributed by atoms with Crippen LogP contribution >= 0.6 is 56.8 Å². The molecule has 0 spiro atoms. The van der Waals surface area contributed by atoms with Gasteiger partial charge in [0.15, 0.2) is 21.3 Å². The lowest BCUT2D eigenvalue weighted by molar-refractivity contribution is -0.121. The number of rotatable bonds is 35. The molecule has 0 aliphatic carbocycles. The van der Waals surface area contributed by atoms with E-state index in [0.717, 1.165) is 32.7 Å². The van der Waals surface area contributed by atoms with Gasteiger partial charge >= 0.3 is 20.4 Å². The number of morpholine rings is 1. The van der Waals surface area contributed by atoms with Gasteiger partial charge in [0.2, 0.25) is 0 Å². The number of hydrogen-bond donors (Lipinski definition) is 18. The summed E-state index contributed by atoms with van der Waals surface area (Å²) < 4.78 is 169. The number of nitrogens with one attached hydrogen (secondary N) is 12. The molecule has 0 saturated carbocycles. The van der Waals surface area contributed by atoms with Gasteiger partial charge in [-0.15, -0.1) is 0 Å². The van der Waals surface area contributed by atoms with Crippen LogP contribution in [0, 0.1) is 35.7 Å². The van der Waals surface area contributed by atoms with Crippen LogP contribution in [0.2, 0.25) is 5.02 Å². The van der Waals surface area contributed by atoms with E-state index in [4.69, 9.17) is 98.6 Å². The van der Waals surface area contributed by atoms with E-state index in [-0.39, 0.29) is 67.8 Å². The van der Waals surface area contributed by atoms with Crippen molar-refractivity contribution in [3.63, 3.8) is 0 Å². The maximum absolute atomic E-state index is 13.3. The Morgan fingerprint density at radius 2 is 0.924 bits per heavy atom. The van der Waals surface area contributed by atoms with Crippen molar-refractivity contribution in [1.82, 2.24) is 27.5 Å². The molecule has 0 radical (unpaired) electrons. The Balaban J connectivity index is 0.000000198. The van der Waals surface area contributed by atoms with Crippen molar-refractivity contribution in [2.24, 2.45) is 33.2 Å². The smallest absolute Gasteiger partial charge is 0.304 e. The lowest BCUT2D eigenvalue weighted by atomic mass is 9.98. The molecule has 24 N–H and O–H groups in total. The SMILES string of the molecule is CCOc1ccc(C(Nc2ccc(C(=N)N)cc2)C(=O)NS(=O)(=O)N2CCOCC2)cc1OCC.CCc1cc(C(Nc2ccc(C(=N)N)cc2)C(=O)NS(N)(=O)=O)cc2c(C)coc12.CN(C)S(=O)(=O)NC(=O)C(Nc1ccc(C(=N)N)cc1)c1cc(I)c2oc(CS(C)(=O)=O)cc2c1.COCc1oc2c(I)cc(C(Nc3ccc(C(=N)N)cc3)C(=O)NS(N)(=O)=O)cc2c1Cl. The molecule has 1 aliphatic heterocycles. The Bertz CT molecular complexity index is 6750. The van der Waals surface area contributed by atoms with Crippen LogP contribution in [0.25, 0.3) is 32.9 Å². The Morgan fingerprint density at radius 1 is 0.515 bits per heavy atom. The highest BCUT2D eigenvalue weighted by Gasteiger charge is 2.34. The van der Waals surface area contributed by atoms with Crippen LogP contribution in [-0.2, 0) is 98.1 Å². The second kappa shape index (κ2) is 45.1. The Hall–Kier alpha value is -11.8. The number of nitrogens with two attached hydrogens (primary N) is 6. The molecule has 132 heavy (non-hydrogen) atoms. The predicted molar refractivity (Wildman–Crippen MR) is 519 cm³/mol. The second-order valence-corrected chi connectivity index (χ2v) is 40.3.